The number of benzene rings is 1. The van der Waals surface area contributed by atoms with Gasteiger partial charge in [-0.05, 0) is 24.3 Å². The van der Waals surface area contributed by atoms with E-state index in [4.69, 9.17) is 5.73 Å². The Morgan fingerprint density at radius 2 is 2.00 bits per heavy atom. The number of hydrogen-bond acceptors (Lipinski definition) is 5. The summed E-state index contributed by atoms with van der Waals surface area (Å²) >= 11 is 0. The first-order valence-electron chi connectivity index (χ1n) is 5.88. The second-order valence-electron chi connectivity index (χ2n) is 3.41. The number of pyridine rings is 1. The van der Waals surface area contributed by atoms with E-state index in [0.717, 1.165) is 5.69 Å². The van der Waals surface area contributed by atoms with Gasteiger partial charge in [-0.15, -0.1) is 0 Å². The van der Waals surface area contributed by atoms with E-state index in [9.17, 15) is 10.1 Å². The Morgan fingerprint density at radius 1 is 1.26 bits per heavy atom. The predicted molar refractivity (Wildman–Crippen MR) is 76.4 cm³/mol. The zero-order valence-corrected chi connectivity index (χ0v) is 10.8. The third kappa shape index (κ3) is 4.27. The number of nitrogens with two attached hydrogens (primary N) is 1. The molecule has 0 unspecified atom stereocenters. The zero-order chi connectivity index (χ0) is 14.3. The summed E-state index contributed by atoms with van der Waals surface area (Å²) in [6.45, 7) is 4.00. The van der Waals surface area contributed by atoms with Gasteiger partial charge in [0.25, 0.3) is 5.69 Å². The third-order valence-electron chi connectivity index (χ3n) is 2.12. The number of nitrogens with zero attached hydrogens (tertiary/aromatic N) is 2. The van der Waals surface area contributed by atoms with Crippen molar-refractivity contribution >= 4 is 22.9 Å². The van der Waals surface area contributed by atoms with Crippen LogP contribution >= 0.6 is 0 Å². The molecule has 0 aliphatic rings. The fourth-order valence-electron chi connectivity index (χ4n) is 1.33. The maximum absolute atomic E-state index is 10.4. The highest BCUT2D eigenvalue weighted by molar-refractivity contribution is 5.61. The van der Waals surface area contributed by atoms with E-state index < -0.39 is 4.92 Å². The molecule has 6 nitrogen and oxygen atoms in total. The summed E-state index contributed by atoms with van der Waals surface area (Å²) in [7, 11) is 0. The van der Waals surface area contributed by atoms with Gasteiger partial charge in [0.05, 0.1) is 4.92 Å². The van der Waals surface area contributed by atoms with Gasteiger partial charge in [-0.1, -0.05) is 19.9 Å². The van der Waals surface area contributed by atoms with Crippen LogP contribution < -0.4 is 11.1 Å². The van der Waals surface area contributed by atoms with E-state index >= 15 is 0 Å². The largest absolute Gasteiger partial charge is 0.399 e. The maximum atomic E-state index is 10.4. The van der Waals surface area contributed by atoms with Gasteiger partial charge in [-0.3, -0.25) is 10.1 Å². The molecule has 0 aliphatic carbocycles. The van der Waals surface area contributed by atoms with Gasteiger partial charge in [-0.2, -0.15) is 0 Å². The van der Waals surface area contributed by atoms with E-state index in [1.807, 2.05) is 26.0 Å². The highest BCUT2D eigenvalue weighted by Gasteiger charge is 2.05. The summed E-state index contributed by atoms with van der Waals surface area (Å²) in [5, 5.41) is 13.4. The SMILES string of the molecule is CC.Nc1cccc(Nc2ccc([N+](=O)[O-])cn2)c1. The first-order valence-corrected chi connectivity index (χ1v) is 5.88. The van der Waals surface area contributed by atoms with Crippen LogP contribution in [0.15, 0.2) is 42.6 Å². The molecule has 19 heavy (non-hydrogen) atoms. The van der Waals surface area contributed by atoms with Crippen LogP contribution in [0.1, 0.15) is 13.8 Å². The average molecular weight is 260 g/mol. The molecule has 3 N–H and O–H groups in total. The molecule has 6 heteroatoms. The standard InChI is InChI=1S/C11H10N4O2.C2H6/c12-8-2-1-3-9(6-8)14-11-5-4-10(7-13-11)15(16)17;1-2/h1-7H,12H2,(H,13,14);1-2H3. The quantitative estimate of drug-likeness (QED) is 0.501. The number of anilines is 3. The van der Waals surface area contributed by atoms with E-state index in [1.165, 1.54) is 12.3 Å². The van der Waals surface area contributed by atoms with Crippen molar-refractivity contribution in [3.05, 3.63) is 52.7 Å². The molecule has 100 valence electrons. The Morgan fingerprint density at radius 3 is 2.53 bits per heavy atom. The number of hydrogen-bond donors (Lipinski definition) is 2. The van der Waals surface area contributed by atoms with Crippen molar-refractivity contribution in [3.8, 4) is 0 Å². The molecular weight excluding hydrogens is 244 g/mol. The summed E-state index contributed by atoms with van der Waals surface area (Å²) in [4.78, 5) is 13.9. The second kappa shape index (κ2) is 6.95. The molecule has 1 heterocycles. The predicted octanol–water partition coefficient (Wildman–Crippen LogP) is 3.34. The van der Waals surface area contributed by atoms with Crippen molar-refractivity contribution in [2.24, 2.45) is 0 Å². The van der Waals surface area contributed by atoms with Gasteiger partial charge in [0.2, 0.25) is 0 Å². The van der Waals surface area contributed by atoms with Gasteiger partial charge in [0, 0.05) is 17.4 Å². The lowest BCUT2D eigenvalue weighted by molar-refractivity contribution is -0.385. The molecule has 0 saturated carbocycles. The van der Waals surface area contributed by atoms with Crippen LogP contribution in [0.4, 0.5) is 22.9 Å². The van der Waals surface area contributed by atoms with E-state index in [0.29, 0.717) is 11.5 Å². The number of nitrogen functional groups attached to an aromatic ring is 1. The lowest BCUT2D eigenvalue weighted by atomic mass is 10.3. The monoisotopic (exact) mass is 260 g/mol. The molecule has 0 bridgehead atoms. The van der Waals surface area contributed by atoms with Gasteiger partial charge in [0.1, 0.15) is 12.0 Å². The second-order valence-corrected chi connectivity index (χ2v) is 3.41. The Bertz CT molecular complexity index is 541. The van der Waals surface area contributed by atoms with Gasteiger partial charge in [-0.25, -0.2) is 4.98 Å². The van der Waals surface area contributed by atoms with Crippen molar-refractivity contribution in [1.29, 1.82) is 0 Å². The molecule has 0 spiro atoms. The molecular formula is C13H16N4O2. The van der Waals surface area contributed by atoms with Crippen LogP contribution in [0.3, 0.4) is 0 Å². The number of aromatic nitrogens is 1. The maximum Gasteiger partial charge on any atom is 0.287 e. The van der Waals surface area contributed by atoms with Crippen molar-refractivity contribution in [1.82, 2.24) is 4.98 Å². The summed E-state index contributed by atoms with van der Waals surface area (Å²) in [5.74, 6) is 0.529. The Kier molecular flexibility index (Phi) is 5.28. The lowest BCUT2D eigenvalue weighted by Crippen LogP contribution is -1.95. The minimum Gasteiger partial charge on any atom is -0.399 e. The van der Waals surface area contributed by atoms with E-state index in [-0.39, 0.29) is 5.69 Å². The molecule has 2 aromatic rings. The van der Waals surface area contributed by atoms with Crippen molar-refractivity contribution < 1.29 is 4.92 Å². The molecule has 0 amide bonds. The first-order chi connectivity index (χ1) is 9.15. The number of nitrogens with one attached hydrogen (secondary N) is 1. The van der Waals surface area contributed by atoms with Crippen molar-refractivity contribution in [3.63, 3.8) is 0 Å². The van der Waals surface area contributed by atoms with E-state index in [2.05, 4.69) is 10.3 Å². The summed E-state index contributed by atoms with van der Waals surface area (Å²) in [6.07, 6.45) is 1.20. The van der Waals surface area contributed by atoms with Crippen molar-refractivity contribution in [2.45, 2.75) is 13.8 Å². The van der Waals surface area contributed by atoms with Crippen LogP contribution in [-0.2, 0) is 0 Å². The Hall–Kier alpha value is -2.63. The molecule has 0 radical (unpaired) electrons. The normalized spacial score (nSPS) is 9.16. The van der Waals surface area contributed by atoms with Gasteiger partial charge >= 0.3 is 0 Å². The van der Waals surface area contributed by atoms with Crippen LogP contribution in [0, 0.1) is 10.1 Å². The number of nitro groups is 1. The molecule has 0 atom stereocenters. The minimum atomic E-state index is -0.489. The Labute approximate surface area is 111 Å². The topological polar surface area (TPSA) is 94.1 Å². The molecule has 1 aromatic carbocycles. The minimum absolute atomic E-state index is 0.0388. The van der Waals surface area contributed by atoms with Gasteiger partial charge < -0.3 is 11.1 Å². The summed E-state index contributed by atoms with van der Waals surface area (Å²) in [6, 6.07) is 10.1. The average Bonchev–Trinajstić information content (AvgIpc) is 2.41. The van der Waals surface area contributed by atoms with Gasteiger partial charge in [0.15, 0.2) is 0 Å². The Balaban J connectivity index is 0.000000861. The molecule has 0 saturated heterocycles. The highest BCUT2D eigenvalue weighted by atomic mass is 16.6. The smallest absolute Gasteiger partial charge is 0.287 e. The third-order valence-corrected chi connectivity index (χ3v) is 2.12. The lowest BCUT2D eigenvalue weighted by Gasteiger charge is -2.05. The highest BCUT2D eigenvalue weighted by Crippen LogP contribution is 2.18. The van der Waals surface area contributed by atoms with E-state index in [1.54, 1.807) is 18.2 Å². The van der Waals surface area contributed by atoms with Crippen molar-refractivity contribution in [2.75, 3.05) is 11.1 Å². The molecule has 0 aliphatic heterocycles. The first kappa shape index (κ1) is 14.4. The fraction of sp³-hybridized carbons (Fsp3) is 0.154. The zero-order valence-electron chi connectivity index (χ0n) is 10.8. The molecule has 1 aromatic heterocycles. The fourth-order valence-corrected chi connectivity index (χ4v) is 1.33. The summed E-state index contributed by atoms with van der Waals surface area (Å²) in [5.41, 5.74) is 7.01. The summed E-state index contributed by atoms with van der Waals surface area (Å²) < 4.78 is 0. The van der Waals surface area contributed by atoms with Crippen LogP contribution in [0.25, 0.3) is 0 Å². The molecule has 0 fully saturated rings. The van der Waals surface area contributed by atoms with Crippen LogP contribution in [0.5, 0.6) is 0 Å². The van der Waals surface area contributed by atoms with Crippen LogP contribution in [0.2, 0.25) is 0 Å². The van der Waals surface area contributed by atoms with Crippen LogP contribution in [-0.4, -0.2) is 9.91 Å². The number of rotatable bonds is 3. The molecule has 2 rings (SSSR count).